The molecule has 0 saturated carbocycles. The van der Waals surface area contributed by atoms with Crippen LogP contribution in [-0.4, -0.2) is 49.0 Å². The number of amides is 1. The van der Waals surface area contributed by atoms with Crippen LogP contribution >= 0.6 is 23.1 Å². The molecule has 0 spiro atoms. The summed E-state index contributed by atoms with van der Waals surface area (Å²) in [5, 5.41) is 21.5. The van der Waals surface area contributed by atoms with E-state index >= 15 is 0 Å². The van der Waals surface area contributed by atoms with E-state index in [1.54, 1.807) is 17.0 Å². The average molecular weight is 641 g/mol. The predicted octanol–water partition coefficient (Wildman–Crippen LogP) is 4.88. The first-order chi connectivity index (χ1) is 21.2. The second-order valence-electron chi connectivity index (χ2n) is 9.58. The van der Waals surface area contributed by atoms with Gasteiger partial charge in [-0.3, -0.25) is 14.5 Å². The first kappa shape index (κ1) is 30.8. The zero-order valence-corrected chi connectivity index (χ0v) is 25.4. The van der Waals surface area contributed by atoms with Gasteiger partial charge in [0, 0.05) is 35.4 Å². The number of halogens is 2. The largest absolute Gasteiger partial charge is 0.496 e. The lowest BCUT2D eigenvalue weighted by Crippen LogP contribution is -2.38. The van der Waals surface area contributed by atoms with Gasteiger partial charge in [0.05, 0.1) is 50.3 Å². The number of hydrogen-bond acceptors (Lipinski definition) is 12. The molecule has 3 aromatic rings. The maximum Gasteiger partial charge on any atom is 0.234 e. The van der Waals surface area contributed by atoms with Crippen LogP contribution in [-0.2, 0) is 9.59 Å². The van der Waals surface area contributed by atoms with E-state index in [1.807, 2.05) is 0 Å². The highest BCUT2D eigenvalue weighted by Gasteiger charge is 2.42. The number of rotatable bonds is 9. The van der Waals surface area contributed by atoms with Crippen LogP contribution in [0.4, 0.5) is 19.6 Å². The van der Waals surface area contributed by atoms with Crippen LogP contribution in [0.5, 0.6) is 17.2 Å². The van der Waals surface area contributed by atoms with E-state index in [0.29, 0.717) is 68.9 Å². The summed E-state index contributed by atoms with van der Waals surface area (Å²) in [7, 11) is 4.46. The second-order valence-corrected chi connectivity index (χ2v) is 11.8. The number of methoxy groups -OCH3 is 3. The molecule has 1 aliphatic carbocycles. The Morgan fingerprint density at radius 3 is 2.55 bits per heavy atom. The second kappa shape index (κ2) is 12.9. The monoisotopic (exact) mass is 640 g/mol. The number of nitrogens with two attached hydrogens (primary N) is 1. The molecule has 15 heteroatoms. The number of carbonyl (C=O) groups excluding carboxylic acids is 2. The molecule has 1 unspecified atom stereocenters. The molecule has 5 rings (SSSR count). The molecule has 0 bridgehead atoms. The summed E-state index contributed by atoms with van der Waals surface area (Å²) in [6, 6.07) is 8.36. The number of aromatic nitrogens is 2. The van der Waals surface area contributed by atoms with E-state index in [9.17, 15) is 23.6 Å². The van der Waals surface area contributed by atoms with E-state index in [0.717, 1.165) is 35.2 Å². The van der Waals surface area contributed by atoms with Crippen molar-refractivity contribution in [3.63, 3.8) is 0 Å². The van der Waals surface area contributed by atoms with Gasteiger partial charge < -0.3 is 25.3 Å². The van der Waals surface area contributed by atoms with Crippen LogP contribution in [0.3, 0.4) is 0 Å². The Morgan fingerprint density at radius 2 is 1.86 bits per heavy atom. The third-order valence-electron chi connectivity index (χ3n) is 7.08. The lowest BCUT2D eigenvalue weighted by molar-refractivity contribution is -0.116. The molecule has 11 nitrogen and oxygen atoms in total. The summed E-state index contributed by atoms with van der Waals surface area (Å²) in [4.78, 5) is 27.5. The molecule has 1 aromatic heterocycles. The Balaban J connectivity index is 1.48. The van der Waals surface area contributed by atoms with E-state index in [1.165, 1.54) is 21.3 Å². The maximum absolute atomic E-state index is 13.9. The lowest BCUT2D eigenvalue weighted by Gasteiger charge is -2.38. The molecule has 228 valence electrons. The summed E-state index contributed by atoms with van der Waals surface area (Å²) >= 11 is 2.17. The Bertz CT molecular complexity index is 1750. The molecule has 2 heterocycles. The number of benzene rings is 2. The first-order valence-corrected chi connectivity index (χ1v) is 15.0. The number of nitrogens with one attached hydrogen (secondary N) is 1. The minimum Gasteiger partial charge on any atom is -0.496 e. The van der Waals surface area contributed by atoms with Gasteiger partial charge in [-0.25, -0.2) is 8.78 Å². The van der Waals surface area contributed by atoms with Gasteiger partial charge in [-0.1, -0.05) is 23.1 Å². The molecule has 1 atom stereocenters. The number of hydrogen-bond donors (Lipinski definition) is 2. The van der Waals surface area contributed by atoms with E-state index in [4.69, 9.17) is 19.9 Å². The number of allylic oxidation sites excluding steroid dienone is 3. The number of nitriles is 1. The molecule has 1 aliphatic heterocycles. The van der Waals surface area contributed by atoms with Gasteiger partial charge in [0.1, 0.15) is 23.2 Å². The van der Waals surface area contributed by atoms with Crippen molar-refractivity contribution in [1.29, 1.82) is 5.26 Å². The molecule has 0 saturated heterocycles. The Morgan fingerprint density at radius 1 is 1.14 bits per heavy atom. The van der Waals surface area contributed by atoms with Crippen LogP contribution in [0.25, 0.3) is 0 Å². The fraction of sp³-hybridized carbons (Fsp3) is 0.276. The van der Waals surface area contributed by atoms with E-state index < -0.39 is 23.5 Å². The van der Waals surface area contributed by atoms with Crippen molar-refractivity contribution in [2.75, 3.05) is 37.3 Å². The summed E-state index contributed by atoms with van der Waals surface area (Å²) < 4.78 is 44.0. The van der Waals surface area contributed by atoms with Crippen LogP contribution in [0.1, 0.15) is 30.7 Å². The number of ether oxygens (including phenoxy) is 3. The van der Waals surface area contributed by atoms with Crippen molar-refractivity contribution >= 4 is 45.6 Å². The number of Topliss-reactive ketones (excluding diaryl/α,β-unsaturated/α-hetero) is 1. The first-order valence-electron chi connectivity index (χ1n) is 13.2. The van der Waals surface area contributed by atoms with Crippen molar-refractivity contribution in [2.24, 2.45) is 5.73 Å². The number of nitrogens with zero attached hydrogens (tertiary/aromatic N) is 4. The summed E-state index contributed by atoms with van der Waals surface area (Å²) in [6.07, 6.45) is 1.35. The predicted molar refractivity (Wildman–Crippen MR) is 160 cm³/mol. The minimum atomic E-state index is -0.891. The summed E-state index contributed by atoms with van der Waals surface area (Å²) in [5.41, 5.74) is 8.14. The van der Waals surface area contributed by atoms with Crippen molar-refractivity contribution in [2.45, 2.75) is 29.5 Å². The molecule has 3 N–H and O–H groups in total. The maximum atomic E-state index is 13.9. The topological polar surface area (TPSA) is 153 Å². The quantitative estimate of drug-likeness (QED) is 0.308. The zero-order chi connectivity index (χ0) is 31.5. The standard InChI is InChI=1S/C29H26F2N6O5S2/c1-40-21-11-23(42-3)22(41-2)10-15(21)25-16(12-32)27(33)37(19-5-4-6-20(38)26(19)25)28-35-36-29(44-28)43-13-24(39)34-18-8-7-14(30)9-17(18)31/h7-11,25H,4-6,13,33H2,1-3H3,(H,34,39). The minimum absolute atomic E-state index is 0.0833. The molecule has 2 aliphatic rings. The number of anilines is 2. The Labute approximate surface area is 259 Å². The zero-order valence-electron chi connectivity index (χ0n) is 23.8. The Kier molecular flexibility index (Phi) is 9.02. The normalized spacial score (nSPS) is 16.4. The van der Waals surface area contributed by atoms with Crippen LogP contribution in [0.2, 0.25) is 0 Å². The van der Waals surface area contributed by atoms with Gasteiger partial charge in [-0.05, 0) is 31.0 Å². The van der Waals surface area contributed by atoms with Gasteiger partial charge >= 0.3 is 0 Å². The summed E-state index contributed by atoms with van der Waals surface area (Å²) in [5.74, 6) is -1.99. The molecule has 1 amide bonds. The van der Waals surface area contributed by atoms with Crippen molar-refractivity contribution in [1.82, 2.24) is 10.2 Å². The molecule has 0 radical (unpaired) electrons. The number of ketones is 1. The SMILES string of the molecule is COc1cc(OC)c(C2C(C#N)=C(N)N(c3nnc(SCC(=O)Nc4ccc(F)cc4F)s3)C3=C2C(=O)CCC3)cc1OC. The highest BCUT2D eigenvalue weighted by Crippen LogP contribution is 2.50. The third-order valence-corrected chi connectivity index (χ3v) is 9.12. The number of thioether (sulfide) groups is 1. The lowest BCUT2D eigenvalue weighted by atomic mass is 9.75. The van der Waals surface area contributed by atoms with Crippen molar-refractivity contribution in [3.8, 4) is 23.3 Å². The van der Waals surface area contributed by atoms with E-state index in [-0.39, 0.29) is 28.6 Å². The van der Waals surface area contributed by atoms with Gasteiger partial charge in [-0.15, -0.1) is 10.2 Å². The average Bonchev–Trinajstić information content (AvgIpc) is 3.48. The highest BCUT2D eigenvalue weighted by molar-refractivity contribution is 8.01. The van der Waals surface area contributed by atoms with Crippen molar-refractivity contribution < 1.29 is 32.6 Å². The van der Waals surface area contributed by atoms with Gasteiger partial charge in [0.15, 0.2) is 21.6 Å². The van der Waals surface area contributed by atoms with Crippen LogP contribution in [0, 0.1) is 23.0 Å². The third kappa shape index (κ3) is 5.78. The smallest absolute Gasteiger partial charge is 0.234 e. The molecule has 44 heavy (non-hydrogen) atoms. The Hall–Kier alpha value is -4.68. The molecular formula is C29H26F2N6O5S2. The van der Waals surface area contributed by atoms with E-state index in [2.05, 4.69) is 21.6 Å². The molecule has 2 aromatic carbocycles. The van der Waals surface area contributed by atoms with Crippen molar-refractivity contribution in [3.05, 3.63) is 70.2 Å². The fourth-order valence-corrected chi connectivity index (χ4v) is 6.83. The summed E-state index contributed by atoms with van der Waals surface area (Å²) in [6.45, 7) is 0. The van der Waals surface area contributed by atoms with Gasteiger partial charge in [0.25, 0.3) is 0 Å². The number of carbonyl (C=O) groups is 2. The van der Waals surface area contributed by atoms with Crippen LogP contribution < -0.4 is 30.2 Å². The fourth-order valence-electron chi connectivity index (χ4n) is 5.15. The molecular weight excluding hydrogens is 614 g/mol. The molecule has 0 fully saturated rings. The van der Waals surface area contributed by atoms with Gasteiger partial charge in [-0.2, -0.15) is 5.26 Å². The van der Waals surface area contributed by atoms with Crippen LogP contribution in [0.15, 0.2) is 57.3 Å². The highest BCUT2D eigenvalue weighted by atomic mass is 32.2. The van der Waals surface area contributed by atoms with Gasteiger partial charge in [0.2, 0.25) is 11.0 Å².